The molecule has 0 spiro atoms. The second-order valence-corrected chi connectivity index (χ2v) is 4.65. The SMILES string of the molecule is CCOCCN(CCOCC)c1ccc([C@H](C)O)cc1. The molecule has 0 saturated heterocycles. The fourth-order valence-corrected chi connectivity index (χ4v) is 1.97. The molecule has 1 aromatic rings. The van der Waals surface area contributed by atoms with Crippen molar-refractivity contribution in [3.8, 4) is 0 Å². The number of hydrogen-bond donors (Lipinski definition) is 1. The molecule has 20 heavy (non-hydrogen) atoms. The molecule has 0 fully saturated rings. The minimum atomic E-state index is -0.427. The van der Waals surface area contributed by atoms with Gasteiger partial charge < -0.3 is 19.5 Å². The van der Waals surface area contributed by atoms with Crippen LogP contribution in [0.3, 0.4) is 0 Å². The van der Waals surface area contributed by atoms with Crippen molar-refractivity contribution in [2.45, 2.75) is 26.9 Å². The zero-order valence-electron chi connectivity index (χ0n) is 12.8. The number of aliphatic hydroxyl groups excluding tert-OH is 1. The lowest BCUT2D eigenvalue weighted by atomic mass is 10.1. The van der Waals surface area contributed by atoms with Gasteiger partial charge in [0.15, 0.2) is 0 Å². The van der Waals surface area contributed by atoms with Gasteiger partial charge in [-0.15, -0.1) is 0 Å². The van der Waals surface area contributed by atoms with Gasteiger partial charge in [-0.1, -0.05) is 12.1 Å². The largest absolute Gasteiger partial charge is 0.389 e. The molecule has 114 valence electrons. The molecule has 0 saturated carbocycles. The van der Waals surface area contributed by atoms with Crippen LogP contribution in [0.1, 0.15) is 32.4 Å². The average molecular weight is 281 g/mol. The number of benzene rings is 1. The Kier molecular flexibility index (Phi) is 8.26. The fourth-order valence-electron chi connectivity index (χ4n) is 1.97. The van der Waals surface area contributed by atoms with E-state index in [1.165, 1.54) is 0 Å². The van der Waals surface area contributed by atoms with Crippen molar-refractivity contribution in [1.29, 1.82) is 0 Å². The summed E-state index contributed by atoms with van der Waals surface area (Å²) in [5.41, 5.74) is 2.07. The van der Waals surface area contributed by atoms with Crippen LogP contribution in [0.5, 0.6) is 0 Å². The third-order valence-electron chi connectivity index (χ3n) is 3.16. The molecule has 0 aliphatic rings. The summed E-state index contributed by atoms with van der Waals surface area (Å²) in [7, 11) is 0. The fraction of sp³-hybridized carbons (Fsp3) is 0.625. The molecule has 1 N–H and O–H groups in total. The molecule has 1 aromatic carbocycles. The van der Waals surface area contributed by atoms with Gasteiger partial charge in [0.05, 0.1) is 19.3 Å². The van der Waals surface area contributed by atoms with E-state index in [0.29, 0.717) is 13.2 Å². The quantitative estimate of drug-likeness (QED) is 0.669. The van der Waals surface area contributed by atoms with Crippen molar-refractivity contribution < 1.29 is 14.6 Å². The van der Waals surface area contributed by atoms with Crippen LogP contribution in [-0.2, 0) is 9.47 Å². The Morgan fingerprint density at radius 1 is 1.00 bits per heavy atom. The third kappa shape index (κ3) is 5.90. The Morgan fingerprint density at radius 2 is 1.50 bits per heavy atom. The zero-order chi connectivity index (χ0) is 14.8. The van der Waals surface area contributed by atoms with Gasteiger partial charge in [-0.3, -0.25) is 0 Å². The van der Waals surface area contributed by atoms with Crippen LogP contribution >= 0.6 is 0 Å². The van der Waals surface area contributed by atoms with Gasteiger partial charge in [0.1, 0.15) is 0 Å². The second kappa shape index (κ2) is 9.75. The number of anilines is 1. The van der Waals surface area contributed by atoms with Crippen molar-refractivity contribution in [3.05, 3.63) is 29.8 Å². The lowest BCUT2D eigenvalue weighted by Crippen LogP contribution is -2.31. The summed E-state index contributed by atoms with van der Waals surface area (Å²) >= 11 is 0. The van der Waals surface area contributed by atoms with E-state index in [2.05, 4.69) is 4.90 Å². The van der Waals surface area contributed by atoms with E-state index in [1.54, 1.807) is 6.92 Å². The van der Waals surface area contributed by atoms with E-state index in [1.807, 2.05) is 38.1 Å². The summed E-state index contributed by atoms with van der Waals surface area (Å²) in [4.78, 5) is 2.25. The van der Waals surface area contributed by atoms with Crippen LogP contribution < -0.4 is 4.90 Å². The van der Waals surface area contributed by atoms with Crippen LogP contribution in [0.15, 0.2) is 24.3 Å². The van der Waals surface area contributed by atoms with Crippen molar-refractivity contribution in [3.63, 3.8) is 0 Å². The summed E-state index contributed by atoms with van der Waals surface area (Å²) in [6.07, 6.45) is -0.427. The maximum Gasteiger partial charge on any atom is 0.0761 e. The van der Waals surface area contributed by atoms with Crippen LogP contribution in [0, 0.1) is 0 Å². The van der Waals surface area contributed by atoms with Gasteiger partial charge in [-0.2, -0.15) is 0 Å². The first-order chi connectivity index (χ1) is 9.69. The van der Waals surface area contributed by atoms with Gasteiger partial charge >= 0.3 is 0 Å². The van der Waals surface area contributed by atoms with Crippen LogP contribution in [-0.4, -0.2) is 44.6 Å². The van der Waals surface area contributed by atoms with E-state index in [0.717, 1.165) is 37.6 Å². The molecule has 4 nitrogen and oxygen atoms in total. The Balaban J connectivity index is 2.64. The standard InChI is InChI=1S/C16H27NO3/c1-4-19-12-10-17(11-13-20-5-2)16-8-6-15(7-9-16)14(3)18/h6-9,14,18H,4-5,10-13H2,1-3H3/t14-/m0/s1. The molecule has 4 heteroatoms. The summed E-state index contributed by atoms with van der Waals surface area (Å²) < 4.78 is 10.9. The van der Waals surface area contributed by atoms with Crippen molar-refractivity contribution in [2.24, 2.45) is 0 Å². The van der Waals surface area contributed by atoms with Crippen LogP contribution in [0.2, 0.25) is 0 Å². The monoisotopic (exact) mass is 281 g/mol. The minimum Gasteiger partial charge on any atom is -0.389 e. The average Bonchev–Trinajstić information content (AvgIpc) is 2.46. The molecular weight excluding hydrogens is 254 g/mol. The number of ether oxygens (including phenoxy) is 2. The molecule has 0 unspecified atom stereocenters. The topological polar surface area (TPSA) is 41.9 Å². The van der Waals surface area contributed by atoms with E-state index in [-0.39, 0.29) is 0 Å². The molecule has 0 aliphatic heterocycles. The number of aliphatic hydroxyl groups is 1. The number of rotatable bonds is 10. The molecule has 0 aromatic heterocycles. The molecule has 0 amide bonds. The lowest BCUT2D eigenvalue weighted by Gasteiger charge is -2.25. The van der Waals surface area contributed by atoms with Crippen molar-refractivity contribution in [2.75, 3.05) is 44.4 Å². The summed E-state index contributed by atoms with van der Waals surface area (Å²) in [5.74, 6) is 0. The summed E-state index contributed by atoms with van der Waals surface area (Å²) in [5, 5.41) is 9.55. The van der Waals surface area contributed by atoms with Crippen LogP contribution in [0.25, 0.3) is 0 Å². The highest BCUT2D eigenvalue weighted by molar-refractivity contribution is 5.47. The van der Waals surface area contributed by atoms with Gasteiger partial charge in [0.25, 0.3) is 0 Å². The van der Waals surface area contributed by atoms with Gasteiger partial charge in [0, 0.05) is 32.0 Å². The molecule has 0 radical (unpaired) electrons. The Morgan fingerprint density at radius 3 is 1.90 bits per heavy atom. The van der Waals surface area contributed by atoms with E-state index in [4.69, 9.17) is 9.47 Å². The molecule has 1 atom stereocenters. The second-order valence-electron chi connectivity index (χ2n) is 4.65. The molecule has 0 bridgehead atoms. The van der Waals surface area contributed by atoms with Crippen molar-refractivity contribution in [1.82, 2.24) is 0 Å². The third-order valence-corrected chi connectivity index (χ3v) is 3.16. The van der Waals surface area contributed by atoms with Crippen molar-refractivity contribution >= 4 is 5.69 Å². The van der Waals surface area contributed by atoms with E-state index < -0.39 is 6.10 Å². The van der Waals surface area contributed by atoms with Gasteiger partial charge in [-0.05, 0) is 38.5 Å². The first kappa shape index (κ1) is 17.0. The predicted molar refractivity (Wildman–Crippen MR) is 82.3 cm³/mol. The Bertz CT molecular complexity index is 341. The smallest absolute Gasteiger partial charge is 0.0761 e. The van der Waals surface area contributed by atoms with Gasteiger partial charge in [-0.25, -0.2) is 0 Å². The van der Waals surface area contributed by atoms with Crippen LogP contribution in [0.4, 0.5) is 5.69 Å². The molecular formula is C16H27NO3. The number of hydrogen-bond acceptors (Lipinski definition) is 4. The lowest BCUT2D eigenvalue weighted by molar-refractivity contribution is 0.141. The number of nitrogens with zero attached hydrogens (tertiary/aromatic N) is 1. The first-order valence-corrected chi connectivity index (χ1v) is 7.37. The van der Waals surface area contributed by atoms with E-state index in [9.17, 15) is 5.11 Å². The maximum atomic E-state index is 9.55. The Labute approximate surface area is 122 Å². The first-order valence-electron chi connectivity index (χ1n) is 7.37. The minimum absolute atomic E-state index is 0.427. The predicted octanol–water partition coefficient (Wildman–Crippen LogP) is 2.62. The highest BCUT2D eigenvalue weighted by atomic mass is 16.5. The Hall–Kier alpha value is -1.10. The summed E-state index contributed by atoms with van der Waals surface area (Å²) in [6, 6.07) is 8.02. The zero-order valence-corrected chi connectivity index (χ0v) is 12.8. The molecule has 1 rings (SSSR count). The van der Waals surface area contributed by atoms with Gasteiger partial charge in [0.2, 0.25) is 0 Å². The normalized spacial score (nSPS) is 12.4. The molecule has 0 heterocycles. The maximum absolute atomic E-state index is 9.55. The van der Waals surface area contributed by atoms with E-state index >= 15 is 0 Å². The highest BCUT2D eigenvalue weighted by Crippen LogP contribution is 2.19. The molecule has 0 aliphatic carbocycles. The summed E-state index contributed by atoms with van der Waals surface area (Å²) in [6.45, 7) is 10.4. The highest BCUT2D eigenvalue weighted by Gasteiger charge is 2.07.